The van der Waals surface area contributed by atoms with Crippen LogP contribution in [0.4, 0.5) is 5.69 Å². The molecule has 0 aliphatic carbocycles. The molecule has 2 rings (SSSR count). The first-order valence-corrected chi connectivity index (χ1v) is 7.70. The Morgan fingerprint density at radius 1 is 1.29 bits per heavy atom. The van der Waals surface area contributed by atoms with Gasteiger partial charge in [0.15, 0.2) is 0 Å². The lowest BCUT2D eigenvalue weighted by Gasteiger charge is -2.11. The molecule has 1 aromatic heterocycles. The van der Waals surface area contributed by atoms with Crippen molar-refractivity contribution in [2.45, 2.75) is 26.4 Å². The van der Waals surface area contributed by atoms with Crippen LogP contribution in [-0.2, 0) is 13.1 Å². The number of rotatable bonds is 6. The Morgan fingerprint density at radius 3 is 2.76 bits per heavy atom. The fourth-order valence-corrected chi connectivity index (χ4v) is 2.66. The molecule has 0 atom stereocenters. The second kappa shape index (κ2) is 7.31. The van der Waals surface area contributed by atoms with Gasteiger partial charge < -0.3 is 14.6 Å². The van der Waals surface area contributed by atoms with Crippen LogP contribution in [0.25, 0.3) is 0 Å². The van der Waals surface area contributed by atoms with Crippen LogP contribution < -0.4 is 15.6 Å². The van der Waals surface area contributed by atoms with E-state index in [0.29, 0.717) is 6.54 Å². The van der Waals surface area contributed by atoms with Crippen molar-refractivity contribution >= 4 is 21.6 Å². The van der Waals surface area contributed by atoms with Crippen molar-refractivity contribution in [3.63, 3.8) is 0 Å². The van der Waals surface area contributed by atoms with Gasteiger partial charge in [-0.25, -0.2) is 0 Å². The summed E-state index contributed by atoms with van der Waals surface area (Å²) in [5.74, 6) is 0.815. The average Bonchev–Trinajstić information content (AvgIpc) is 2.48. The van der Waals surface area contributed by atoms with E-state index in [9.17, 15) is 4.79 Å². The highest BCUT2D eigenvalue weighted by molar-refractivity contribution is 9.10. The van der Waals surface area contributed by atoms with Crippen molar-refractivity contribution in [2.24, 2.45) is 0 Å². The molecule has 0 bridgehead atoms. The van der Waals surface area contributed by atoms with E-state index in [1.165, 1.54) is 0 Å². The predicted octanol–water partition coefficient (Wildman–Crippen LogP) is 3.64. The summed E-state index contributed by atoms with van der Waals surface area (Å²) in [4.78, 5) is 11.7. The number of methoxy groups -OCH3 is 1. The van der Waals surface area contributed by atoms with Crippen molar-refractivity contribution < 1.29 is 4.74 Å². The van der Waals surface area contributed by atoms with E-state index in [1.807, 2.05) is 30.5 Å². The molecule has 0 saturated carbocycles. The van der Waals surface area contributed by atoms with Crippen molar-refractivity contribution in [3.05, 3.63) is 56.9 Å². The van der Waals surface area contributed by atoms with E-state index in [4.69, 9.17) is 4.74 Å². The van der Waals surface area contributed by atoms with E-state index in [-0.39, 0.29) is 5.56 Å². The predicted molar refractivity (Wildman–Crippen MR) is 89.0 cm³/mol. The number of hydrogen-bond acceptors (Lipinski definition) is 3. The van der Waals surface area contributed by atoms with Crippen LogP contribution in [0.15, 0.2) is 45.8 Å². The molecule has 4 nitrogen and oxygen atoms in total. The lowest BCUT2D eigenvalue weighted by Crippen LogP contribution is -2.18. The van der Waals surface area contributed by atoms with Crippen molar-refractivity contribution in [3.8, 4) is 5.75 Å². The first kappa shape index (κ1) is 15.6. The summed E-state index contributed by atoms with van der Waals surface area (Å²) < 4.78 is 7.87. The number of anilines is 1. The van der Waals surface area contributed by atoms with E-state index < -0.39 is 0 Å². The molecule has 112 valence electrons. The highest BCUT2D eigenvalue weighted by atomic mass is 79.9. The molecule has 5 heteroatoms. The number of nitrogens with zero attached hydrogens (tertiary/aromatic N) is 1. The van der Waals surface area contributed by atoms with Crippen LogP contribution in [-0.4, -0.2) is 11.7 Å². The Hall–Kier alpha value is -1.75. The summed E-state index contributed by atoms with van der Waals surface area (Å²) >= 11 is 3.48. The summed E-state index contributed by atoms with van der Waals surface area (Å²) in [5.41, 5.74) is 2.11. The van der Waals surface area contributed by atoms with Crippen LogP contribution in [0.5, 0.6) is 5.75 Å². The minimum absolute atomic E-state index is 0.0367. The Kier molecular flexibility index (Phi) is 5.44. The molecule has 2 aromatic rings. The van der Waals surface area contributed by atoms with Gasteiger partial charge in [0.1, 0.15) is 5.75 Å². The van der Waals surface area contributed by atoms with Gasteiger partial charge in [-0.15, -0.1) is 0 Å². The van der Waals surface area contributed by atoms with Gasteiger partial charge in [-0.05, 0) is 46.1 Å². The van der Waals surface area contributed by atoms with Crippen molar-refractivity contribution in [1.29, 1.82) is 0 Å². The third-order valence-electron chi connectivity index (χ3n) is 3.16. The molecule has 21 heavy (non-hydrogen) atoms. The van der Waals surface area contributed by atoms with E-state index in [1.54, 1.807) is 17.7 Å². The molecule has 0 amide bonds. The summed E-state index contributed by atoms with van der Waals surface area (Å²) in [6, 6.07) is 9.38. The number of aromatic nitrogens is 1. The first-order valence-electron chi connectivity index (χ1n) is 6.91. The van der Waals surface area contributed by atoms with E-state index >= 15 is 0 Å². The largest absolute Gasteiger partial charge is 0.496 e. The van der Waals surface area contributed by atoms with E-state index in [0.717, 1.165) is 34.4 Å². The molecule has 0 aliphatic heterocycles. The van der Waals surface area contributed by atoms with Gasteiger partial charge in [-0.3, -0.25) is 4.79 Å². The average molecular weight is 351 g/mol. The number of benzene rings is 1. The van der Waals surface area contributed by atoms with Gasteiger partial charge in [0, 0.05) is 25.4 Å². The molecule has 0 fully saturated rings. The van der Waals surface area contributed by atoms with Crippen LogP contribution in [0.3, 0.4) is 0 Å². The van der Waals surface area contributed by atoms with Gasteiger partial charge >= 0.3 is 0 Å². The van der Waals surface area contributed by atoms with Crippen molar-refractivity contribution in [1.82, 2.24) is 4.57 Å². The van der Waals surface area contributed by atoms with Crippen LogP contribution in [0, 0.1) is 0 Å². The fourth-order valence-electron chi connectivity index (χ4n) is 2.08. The Morgan fingerprint density at radius 2 is 2.10 bits per heavy atom. The molecule has 1 aromatic carbocycles. The standard InChI is InChI=1S/C16H19BrN2O2/c1-3-8-19-11-13(5-7-16(19)20)18-10-12-4-6-15(21-2)14(17)9-12/h4-7,9,11,18H,3,8,10H2,1-2H3. The van der Waals surface area contributed by atoms with Gasteiger partial charge in [-0.1, -0.05) is 13.0 Å². The van der Waals surface area contributed by atoms with Gasteiger partial charge in [0.2, 0.25) is 0 Å². The van der Waals surface area contributed by atoms with Crippen LogP contribution >= 0.6 is 15.9 Å². The smallest absolute Gasteiger partial charge is 0.250 e. The quantitative estimate of drug-likeness (QED) is 0.864. The SMILES string of the molecule is CCCn1cc(NCc2ccc(OC)c(Br)c2)ccc1=O. The Bertz CT molecular complexity index is 668. The maximum atomic E-state index is 11.7. The molecule has 0 saturated heterocycles. The highest BCUT2D eigenvalue weighted by Crippen LogP contribution is 2.25. The number of hydrogen-bond donors (Lipinski definition) is 1. The monoisotopic (exact) mass is 350 g/mol. The molecule has 0 aliphatic rings. The lowest BCUT2D eigenvalue weighted by molar-refractivity contribution is 0.412. The van der Waals surface area contributed by atoms with Gasteiger partial charge in [-0.2, -0.15) is 0 Å². The van der Waals surface area contributed by atoms with Crippen LogP contribution in [0.2, 0.25) is 0 Å². The maximum absolute atomic E-state index is 11.7. The summed E-state index contributed by atoms with van der Waals surface area (Å²) in [6.45, 7) is 3.48. The third-order valence-corrected chi connectivity index (χ3v) is 3.78. The van der Waals surface area contributed by atoms with Gasteiger partial charge in [0.25, 0.3) is 5.56 Å². The van der Waals surface area contributed by atoms with Crippen LogP contribution in [0.1, 0.15) is 18.9 Å². The second-order valence-electron chi connectivity index (χ2n) is 4.77. The van der Waals surface area contributed by atoms with Gasteiger partial charge in [0.05, 0.1) is 17.3 Å². The molecule has 0 unspecified atom stereocenters. The highest BCUT2D eigenvalue weighted by Gasteiger charge is 2.02. The third kappa shape index (κ3) is 4.11. The fraction of sp³-hybridized carbons (Fsp3) is 0.312. The number of halogens is 1. The summed E-state index contributed by atoms with van der Waals surface area (Å²) in [6.07, 6.45) is 2.80. The molecular formula is C16H19BrN2O2. The maximum Gasteiger partial charge on any atom is 0.250 e. The number of ether oxygens (including phenoxy) is 1. The van der Waals surface area contributed by atoms with E-state index in [2.05, 4.69) is 28.2 Å². The second-order valence-corrected chi connectivity index (χ2v) is 5.63. The molecule has 1 N–H and O–H groups in total. The number of aryl methyl sites for hydroxylation is 1. The molecular weight excluding hydrogens is 332 g/mol. The number of nitrogens with one attached hydrogen (secondary N) is 1. The zero-order chi connectivity index (χ0) is 15.2. The minimum Gasteiger partial charge on any atom is -0.496 e. The lowest BCUT2D eigenvalue weighted by atomic mass is 10.2. The summed E-state index contributed by atoms with van der Waals surface area (Å²) in [5, 5.41) is 3.33. The normalized spacial score (nSPS) is 10.4. The zero-order valence-corrected chi connectivity index (χ0v) is 13.8. The topological polar surface area (TPSA) is 43.3 Å². The molecule has 0 spiro atoms. The Balaban J connectivity index is 2.07. The molecule has 0 radical (unpaired) electrons. The zero-order valence-electron chi connectivity index (χ0n) is 12.2. The first-order chi connectivity index (χ1) is 10.1. The minimum atomic E-state index is 0.0367. The number of pyridine rings is 1. The van der Waals surface area contributed by atoms with Crippen molar-refractivity contribution in [2.75, 3.05) is 12.4 Å². The Labute approximate surface area is 132 Å². The molecule has 1 heterocycles. The summed E-state index contributed by atoms with van der Waals surface area (Å²) in [7, 11) is 1.65.